The van der Waals surface area contributed by atoms with Gasteiger partial charge in [-0.1, -0.05) is 6.92 Å². The Labute approximate surface area is 122 Å². The van der Waals surface area contributed by atoms with Crippen molar-refractivity contribution < 1.29 is 0 Å². The average molecular weight is 355 g/mol. The number of anilines is 1. The van der Waals surface area contributed by atoms with Crippen molar-refractivity contribution in [3.05, 3.63) is 45.6 Å². The number of hydrogen-bond donors (Lipinski definition) is 1. The Morgan fingerprint density at radius 1 is 1.39 bits per heavy atom. The highest BCUT2D eigenvalue weighted by atomic mass is 127. The fourth-order valence-corrected chi connectivity index (χ4v) is 2.60. The molecule has 0 aliphatic heterocycles. The van der Waals surface area contributed by atoms with Crippen molar-refractivity contribution in [1.29, 1.82) is 0 Å². The number of nitrogens with one attached hydrogen (secondary N) is 1. The summed E-state index contributed by atoms with van der Waals surface area (Å²) in [6.45, 7) is 6.17. The van der Waals surface area contributed by atoms with Gasteiger partial charge in [-0.15, -0.1) is 0 Å². The van der Waals surface area contributed by atoms with E-state index in [2.05, 4.69) is 69.5 Å². The number of rotatable bonds is 5. The maximum atomic E-state index is 4.21. The lowest BCUT2D eigenvalue weighted by molar-refractivity contribution is 0.651. The maximum Gasteiger partial charge on any atom is 0.0948 e. The molecule has 96 valence electrons. The first-order valence-electron chi connectivity index (χ1n) is 6.19. The zero-order chi connectivity index (χ0) is 13.0. The molecule has 18 heavy (non-hydrogen) atoms. The number of benzene rings is 1. The van der Waals surface area contributed by atoms with Crippen molar-refractivity contribution in [3.63, 3.8) is 0 Å². The Hall–Kier alpha value is -1.04. The van der Waals surface area contributed by atoms with Crippen LogP contribution in [-0.4, -0.2) is 9.55 Å². The van der Waals surface area contributed by atoms with Crippen molar-refractivity contribution in [2.24, 2.45) is 0 Å². The molecule has 1 N–H and O–H groups in total. The second-order valence-corrected chi connectivity index (χ2v) is 5.64. The zero-order valence-electron chi connectivity index (χ0n) is 10.8. The van der Waals surface area contributed by atoms with Crippen LogP contribution in [0.3, 0.4) is 0 Å². The first kappa shape index (κ1) is 13.4. The van der Waals surface area contributed by atoms with Gasteiger partial charge in [0.1, 0.15) is 0 Å². The topological polar surface area (TPSA) is 29.9 Å². The van der Waals surface area contributed by atoms with E-state index in [9.17, 15) is 0 Å². The van der Waals surface area contributed by atoms with E-state index in [1.54, 1.807) is 0 Å². The predicted molar refractivity (Wildman–Crippen MR) is 83.7 cm³/mol. The fraction of sp³-hybridized carbons (Fsp3) is 0.357. The number of imidazole rings is 1. The molecule has 0 bridgehead atoms. The third-order valence-electron chi connectivity index (χ3n) is 2.91. The smallest absolute Gasteiger partial charge is 0.0948 e. The molecule has 0 unspecified atom stereocenters. The Kier molecular flexibility index (Phi) is 4.63. The number of hydrogen-bond acceptors (Lipinski definition) is 2. The SMILES string of the molecule is CCCn1cncc1CNc1ccc(I)cc1C. The van der Waals surface area contributed by atoms with Crippen molar-refractivity contribution in [3.8, 4) is 0 Å². The molecule has 0 aliphatic rings. The van der Waals surface area contributed by atoms with Crippen LogP contribution in [0.5, 0.6) is 0 Å². The standard InChI is InChI=1S/C14H18IN3/c1-3-6-18-10-16-8-13(18)9-17-14-5-4-12(15)7-11(14)2/h4-5,7-8,10,17H,3,6,9H2,1-2H3. The van der Waals surface area contributed by atoms with Gasteiger partial charge in [0.25, 0.3) is 0 Å². The summed E-state index contributed by atoms with van der Waals surface area (Å²) in [5.41, 5.74) is 3.71. The van der Waals surface area contributed by atoms with Gasteiger partial charge in [0.2, 0.25) is 0 Å². The van der Waals surface area contributed by atoms with Crippen molar-refractivity contribution in [2.75, 3.05) is 5.32 Å². The lowest BCUT2D eigenvalue weighted by atomic mass is 10.2. The van der Waals surface area contributed by atoms with E-state index in [0.717, 1.165) is 19.5 Å². The molecule has 2 rings (SSSR count). The molecule has 0 fully saturated rings. The van der Waals surface area contributed by atoms with E-state index in [0.29, 0.717) is 0 Å². The molecule has 0 amide bonds. The van der Waals surface area contributed by atoms with E-state index in [-0.39, 0.29) is 0 Å². The molecule has 4 heteroatoms. The van der Waals surface area contributed by atoms with Gasteiger partial charge in [-0.05, 0) is 59.7 Å². The monoisotopic (exact) mass is 355 g/mol. The molecular formula is C14H18IN3. The molecule has 2 aromatic rings. The van der Waals surface area contributed by atoms with Gasteiger partial charge < -0.3 is 9.88 Å². The second-order valence-electron chi connectivity index (χ2n) is 4.39. The summed E-state index contributed by atoms with van der Waals surface area (Å²) in [5.74, 6) is 0. The number of halogens is 1. The van der Waals surface area contributed by atoms with Crippen molar-refractivity contribution >= 4 is 28.3 Å². The van der Waals surface area contributed by atoms with Gasteiger partial charge in [0.15, 0.2) is 0 Å². The largest absolute Gasteiger partial charge is 0.379 e. The minimum Gasteiger partial charge on any atom is -0.379 e. The summed E-state index contributed by atoms with van der Waals surface area (Å²) in [6.07, 6.45) is 4.97. The Balaban J connectivity index is 2.04. The Morgan fingerprint density at radius 2 is 2.22 bits per heavy atom. The number of aromatic nitrogens is 2. The van der Waals surface area contributed by atoms with Crippen LogP contribution < -0.4 is 5.32 Å². The van der Waals surface area contributed by atoms with Gasteiger partial charge in [-0.25, -0.2) is 4.98 Å². The van der Waals surface area contributed by atoms with Gasteiger partial charge in [-0.3, -0.25) is 0 Å². The third-order valence-corrected chi connectivity index (χ3v) is 3.58. The van der Waals surface area contributed by atoms with Crippen LogP contribution in [0.25, 0.3) is 0 Å². The van der Waals surface area contributed by atoms with Crippen LogP contribution in [0.2, 0.25) is 0 Å². The molecule has 0 saturated carbocycles. The minimum absolute atomic E-state index is 0.821. The quantitative estimate of drug-likeness (QED) is 0.827. The van der Waals surface area contributed by atoms with Crippen LogP contribution in [0.15, 0.2) is 30.7 Å². The molecule has 0 aliphatic carbocycles. The summed E-state index contributed by atoms with van der Waals surface area (Å²) < 4.78 is 3.47. The summed E-state index contributed by atoms with van der Waals surface area (Å²) in [6, 6.07) is 6.45. The summed E-state index contributed by atoms with van der Waals surface area (Å²) in [4.78, 5) is 4.21. The molecule has 0 spiro atoms. The lowest BCUT2D eigenvalue weighted by Gasteiger charge is -2.11. The fourth-order valence-electron chi connectivity index (χ4n) is 1.95. The molecule has 0 atom stereocenters. The van der Waals surface area contributed by atoms with Crippen LogP contribution >= 0.6 is 22.6 Å². The van der Waals surface area contributed by atoms with E-state index < -0.39 is 0 Å². The average Bonchev–Trinajstić information content (AvgIpc) is 2.76. The Morgan fingerprint density at radius 3 is 2.94 bits per heavy atom. The Bertz CT molecular complexity index is 520. The summed E-state index contributed by atoms with van der Waals surface area (Å²) >= 11 is 2.34. The van der Waals surface area contributed by atoms with E-state index >= 15 is 0 Å². The highest BCUT2D eigenvalue weighted by Crippen LogP contribution is 2.18. The minimum atomic E-state index is 0.821. The highest BCUT2D eigenvalue weighted by molar-refractivity contribution is 14.1. The van der Waals surface area contributed by atoms with Gasteiger partial charge in [0, 0.05) is 22.0 Å². The molecule has 0 radical (unpaired) electrons. The zero-order valence-corrected chi connectivity index (χ0v) is 12.9. The molecule has 0 saturated heterocycles. The molecular weight excluding hydrogens is 337 g/mol. The van der Waals surface area contributed by atoms with E-state index in [4.69, 9.17) is 0 Å². The third kappa shape index (κ3) is 3.25. The molecule has 1 aromatic heterocycles. The predicted octanol–water partition coefficient (Wildman–Crippen LogP) is 3.82. The summed E-state index contributed by atoms with van der Waals surface area (Å²) in [7, 11) is 0. The van der Waals surface area contributed by atoms with Crippen LogP contribution in [0.1, 0.15) is 24.6 Å². The second kappa shape index (κ2) is 6.22. The van der Waals surface area contributed by atoms with Crippen LogP contribution in [-0.2, 0) is 13.1 Å². The normalized spacial score (nSPS) is 10.6. The van der Waals surface area contributed by atoms with Crippen LogP contribution in [0, 0.1) is 10.5 Å². The first-order valence-corrected chi connectivity index (χ1v) is 7.27. The number of nitrogens with zero attached hydrogens (tertiary/aromatic N) is 2. The molecule has 1 aromatic carbocycles. The van der Waals surface area contributed by atoms with Gasteiger partial charge in [-0.2, -0.15) is 0 Å². The van der Waals surface area contributed by atoms with Gasteiger partial charge >= 0.3 is 0 Å². The highest BCUT2D eigenvalue weighted by Gasteiger charge is 2.03. The molecule has 3 nitrogen and oxygen atoms in total. The van der Waals surface area contributed by atoms with E-state index in [1.165, 1.54) is 20.5 Å². The van der Waals surface area contributed by atoms with E-state index in [1.807, 2.05) is 12.5 Å². The van der Waals surface area contributed by atoms with Crippen LogP contribution in [0.4, 0.5) is 5.69 Å². The first-order chi connectivity index (χ1) is 8.70. The van der Waals surface area contributed by atoms with Crippen molar-refractivity contribution in [2.45, 2.75) is 33.4 Å². The van der Waals surface area contributed by atoms with Gasteiger partial charge in [0.05, 0.1) is 18.6 Å². The summed E-state index contributed by atoms with van der Waals surface area (Å²) in [5, 5.41) is 3.48. The van der Waals surface area contributed by atoms with Crippen molar-refractivity contribution in [1.82, 2.24) is 9.55 Å². The lowest BCUT2D eigenvalue weighted by Crippen LogP contribution is -2.07. The number of aryl methyl sites for hydroxylation is 2. The maximum absolute atomic E-state index is 4.21. The molecule has 1 heterocycles.